The van der Waals surface area contributed by atoms with Gasteiger partial charge in [0.05, 0.1) is 25.3 Å². The van der Waals surface area contributed by atoms with Crippen molar-refractivity contribution in [3.05, 3.63) is 53.1 Å². The van der Waals surface area contributed by atoms with E-state index in [9.17, 15) is 8.42 Å². The smallest absolute Gasteiger partial charge is 0.276 e. The largest absolute Gasteiger partial charge is 0.493 e. The minimum Gasteiger partial charge on any atom is -0.493 e. The summed E-state index contributed by atoms with van der Waals surface area (Å²) in [6.07, 6.45) is 1.41. The number of ether oxygens (including phenoxy) is 2. The van der Waals surface area contributed by atoms with Crippen LogP contribution < -0.4 is 14.3 Å². The normalized spacial score (nSPS) is 11.5. The summed E-state index contributed by atoms with van der Waals surface area (Å²) in [6.45, 7) is 3.58. The van der Waals surface area contributed by atoms with Crippen molar-refractivity contribution < 1.29 is 17.9 Å². The van der Waals surface area contributed by atoms with Crippen molar-refractivity contribution in [1.82, 2.24) is 4.83 Å². The van der Waals surface area contributed by atoms with Crippen LogP contribution in [0.4, 0.5) is 0 Å². The fourth-order valence-corrected chi connectivity index (χ4v) is 3.27. The van der Waals surface area contributed by atoms with Gasteiger partial charge in [-0.25, -0.2) is 4.83 Å². The summed E-state index contributed by atoms with van der Waals surface area (Å²) in [5.41, 5.74) is 2.20. The van der Waals surface area contributed by atoms with Crippen molar-refractivity contribution in [2.45, 2.75) is 18.7 Å². The number of benzene rings is 2. The third-order valence-corrected chi connectivity index (χ3v) is 4.79. The van der Waals surface area contributed by atoms with Crippen LogP contribution in [-0.4, -0.2) is 28.9 Å². The average Bonchev–Trinajstić information content (AvgIpc) is 2.56. The molecule has 2 aromatic carbocycles. The van der Waals surface area contributed by atoms with Gasteiger partial charge in [0, 0.05) is 0 Å². The maximum Gasteiger partial charge on any atom is 0.276 e. The van der Waals surface area contributed by atoms with Gasteiger partial charge >= 0.3 is 0 Å². The molecule has 0 fully saturated rings. The number of rotatable bonds is 6. The molecule has 0 aliphatic carbocycles. The Morgan fingerprint density at radius 1 is 1.00 bits per heavy atom. The first-order valence-corrected chi connectivity index (χ1v) is 8.70. The fraction of sp³-hybridized carbons (Fsp3) is 0.235. The third-order valence-electron chi connectivity index (χ3n) is 3.43. The molecule has 0 saturated heterocycles. The van der Waals surface area contributed by atoms with E-state index in [1.54, 1.807) is 44.4 Å². The predicted octanol–water partition coefficient (Wildman–Crippen LogP) is 2.63. The highest BCUT2D eigenvalue weighted by atomic mass is 32.2. The van der Waals surface area contributed by atoms with E-state index in [4.69, 9.17) is 9.47 Å². The Balaban J connectivity index is 2.20. The summed E-state index contributed by atoms with van der Waals surface area (Å²) < 4.78 is 35.0. The molecule has 24 heavy (non-hydrogen) atoms. The maximum absolute atomic E-state index is 12.3. The molecule has 0 aromatic heterocycles. The van der Waals surface area contributed by atoms with Crippen LogP contribution in [-0.2, 0) is 10.0 Å². The summed E-state index contributed by atoms with van der Waals surface area (Å²) in [4.78, 5) is 2.44. The number of hydrazone groups is 1. The topological polar surface area (TPSA) is 77.0 Å². The molecule has 0 atom stereocenters. The first-order valence-electron chi connectivity index (χ1n) is 7.21. The van der Waals surface area contributed by atoms with E-state index < -0.39 is 10.0 Å². The molecular weight excluding hydrogens is 328 g/mol. The Morgan fingerprint density at radius 3 is 2.38 bits per heavy atom. The summed E-state index contributed by atoms with van der Waals surface area (Å²) in [5, 5.41) is 3.83. The van der Waals surface area contributed by atoms with Gasteiger partial charge in [-0.2, -0.15) is 13.5 Å². The van der Waals surface area contributed by atoms with E-state index in [0.717, 1.165) is 5.56 Å². The molecule has 128 valence electrons. The lowest BCUT2D eigenvalue weighted by Crippen LogP contribution is -2.19. The third kappa shape index (κ3) is 4.05. The van der Waals surface area contributed by atoms with Crippen LogP contribution in [0.2, 0.25) is 0 Å². The Hall–Kier alpha value is -2.54. The molecule has 7 heteroatoms. The van der Waals surface area contributed by atoms with Gasteiger partial charge in [-0.1, -0.05) is 12.1 Å². The number of methoxy groups -OCH3 is 2. The molecule has 0 aliphatic rings. The summed E-state index contributed by atoms with van der Waals surface area (Å²) in [5.74, 6) is 1.13. The Kier molecular flexibility index (Phi) is 5.46. The van der Waals surface area contributed by atoms with Crippen LogP contribution >= 0.6 is 0 Å². The van der Waals surface area contributed by atoms with E-state index >= 15 is 0 Å². The molecular formula is C17H20N2O4S. The highest BCUT2D eigenvalue weighted by Crippen LogP contribution is 2.26. The second-order valence-corrected chi connectivity index (χ2v) is 6.87. The van der Waals surface area contributed by atoms with Crippen LogP contribution in [0.15, 0.2) is 46.4 Å². The SMILES string of the molecule is COc1ccc(/C=N/NS(=O)(=O)c2cc(C)ccc2C)cc1OC. The molecule has 2 aromatic rings. The van der Waals surface area contributed by atoms with Crippen molar-refractivity contribution in [2.24, 2.45) is 5.10 Å². The Morgan fingerprint density at radius 2 is 1.71 bits per heavy atom. The van der Waals surface area contributed by atoms with Crippen molar-refractivity contribution in [3.8, 4) is 11.5 Å². The number of hydrogen-bond acceptors (Lipinski definition) is 5. The molecule has 6 nitrogen and oxygen atoms in total. The summed E-state index contributed by atoms with van der Waals surface area (Å²) in [6, 6.07) is 10.4. The van der Waals surface area contributed by atoms with Gasteiger partial charge in [0.1, 0.15) is 0 Å². The molecule has 0 bridgehead atoms. The minimum absolute atomic E-state index is 0.215. The number of hydrogen-bond donors (Lipinski definition) is 1. The monoisotopic (exact) mass is 348 g/mol. The van der Waals surface area contributed by atoms with E-state index in [2.05, 4.69) is 9.93 Å². The lowest BCUT2D eigenvalue weighted by molar-refractivity contribution is 0.355. The van der Waals surface area contributed by atoms with Gasteiger partial charge in [-0.15, -0.1) is 0 Å². The molecule has 0 amide bonds. The Labute approximate surface area is 142 Å². The number of nitrogens with one attached hydrogen (secondary N) is 1. The Bertz CT molecular complexity index is 861. The first kappa shape index (κ1) is 17.8. The van der Waals surface area contributed by atoms with Crippen molar-refractivity contribution in [1.29, 1.82) is 0 Å². The lowest BCUT2D eigenvalue weighted by atomic mass is 10.2. The van der Waals surface area contributed by atoms with Crippen LogP contribution in [0.5, 0.6) is 11.5 Å². The minimum atomic E-state index is -3.72. The fourth-order valence-electron chi connectivity index (χ4n) is 2.15. The highest BCUT2D eigenvalue weighted by Gasteiger charge is 2.15. The van der Waals surface area contributed by atoms with Crippen molar-refractivity contribution in [2.75, 3.05) is 14.2 Å². The van der Waals surface area contributed by atoms with Gasteiger partial charge in [0.15, 0.2) is 11.5 Å². The second kappa shape index (κ2) is 7.35. The predicted molar refractivity (Wildman–Crippen MR) is 93.4 cm³/mol. The van der Waals surface area contributed by atoms with E-state index in [-0.39, 0.29) is 4.90 Å². The van der Waals surface area contributed by atoms with Gasteiger partial charge in [-0.05, 0) is 54.8 Å². The molecule has 2 rings (SSSR count). The molecule has 1 N–H and O–H groups in total. The standard InChI is InChI=1S/C17H20N2O4S/c1-12-5-6-13(2)17(9-12)24(20,21)19-18-11-14-7-8-15(22-3)16(10-14)23-4/h5-11,19H,1-4H3/b18-11+. The van der Waals surface area contributed by atoms with Crippen LogP contribution in [0, 0.1) is 13.8 Å². The lowest BCUT2D eigenvalue weighted by Gasteiger charge is -2.08. The van der Waals surface area contributed by atoms with E-state index in [1.807, 2.05) is 13.0 Å². The van der Waals surface area contributed by atoms with Gasteiger partial charge in [0.2, 0.25) is 0 Å². The zero-order valence-electron chi connectivity index (χ0n) is 14.0. The average molecular weight is 348 g/mol. The quantitative estimate of drug-likeness (QED) is 0.643. The second-order valence-electron chi connectivity index (χ2n) is 5.24. The van der Waals surface area contributed by atoms with E-state index in [0.29, 0.717) is 22.6 Å². The number of nitrogens with zero attached hydrogens (tertiary/aromatic N) is 1. The number of sulfonamides is 1. The zero-order valence-corrected chi connectivity index (χ0v) is 14.8. The van der Waals surface area contributed by atoms with Crippen molar-refractivity contribution in [3.63, 3.8) is 0 Å². The van der Waals surface area contributed by atoms with Gasteiger partial charge in [-0.3, -0.25) is 0 Å². The van der Waals surface area contributed by atoms with Gasteiger partial charge < -0.3 is 9.47 Å². The molecule has 0 heterocycles. The molecule has 0 saturated carbocycles. The maximum atomic E-state index is 12.3. The zero-order chi connectivity index (χ0) is 17.7. The molecule has 0 radical (unpaired) electrons. The molecule has 0 aliphatic heterocycles. The first-order chi connectivity index (χ1) is 11.4. The number of aryl methyl sites for hydroxylation is 2. The van der Waals surface area contributed by atoms with Crippen molar-refractivity contribution >= 4 is 16.2 Å². The molecule has 0 unspecified atom stereocenters. The van der Waals surface area contributed by atoms with Crippen LogP contribution in [0.3, 0.4) is 0 Å². The summed E-state index contributed by atoms with van der Waals surface area (Å²) >= 11 is 0. The van der Waals surface area contributed by atoms with Gasteiger partial charge in [0.25, 0.3) is 10.0 Å². The van der Waals surface area contributed by atoms with Crippen LogP contribution in [0.1, 0.15) is 16.7 Å². The van der Waals surface area contributed by atoms with Crippen LogP contribution in [0.25, 0.3) is 0 Å². The highest BCUT2D eigenvalue weighted by molar-refractivity contribution is 7.89. The molecule has 0 spiro atoms. The summed E-state index contributed by atoms with van der Waals surface area (Å²) in [7, 11) is -0.641. The van der Waals surface area contributed by atoms with E-state index in [1.165, 1.54) is 13.3 Å².